The van der Waals surface area contributed by atoms with Crippen LogP contribution in [0.2, 0.25) is 0 Å². The molecule has 0 unspecified atom stereocenters. The third-order valence-corrected chi connectivity index (χ3v) is 5.64. The van der Waals surface area contributed by atoms with E-state index >= 15 is 0 Å². The van der Waals surface area contributed by atoms with Crippen molar-refractivity contribution >= 4 is 17.7 Å². The first-order chi connectivity index (χ1) is 13.8. The number of nitrogens with zero attached hydrogens (tertiary/aromatic N) is 5. The van der Waals surface area contributed by atoms with E-state index in [4.69, 9.17) is 10.00 Å². The molecule has 0 N–H and O–H groups in total. The molecule has 1 aliphatic heterocycles. The van der Waals surface area contributed by atoms with Gasteiger partial charge in [-0.25, -0.2) is 0 Å². The highest BCUT2D eigenvalue weighted by Crippen LogP contribution is 2.27. The van der Waals surface area contributed by atoms with Crippen molar-refractivity contribution in [3.63, 3.8) is 0 Å². The number of aromatic nitrogens is 3. The minimum absolute atomic E-state index is 0.679. The second kappa shape index (κ2) is 8.91. The number of hydrogen-bond donors (Lipinski definition) is 0. The average Bonchev–Trinajstić information content (AvgIpc) is 3.16. The molecule has 7 heteroatoms. The summed E-state index contributed by atoms with van der Waals surface area (Å²) in [6.07, 6.45) is 0. The molecule has 0 amide bonds. The zero-order chi connectivity index (χ0) is 19.2. The molecule has 0 aliphatic carbocycles. The van der Waals surface area contributed by atoms with Crippen molar-refractivity contribution in [3.05, 3.63) is 71.3 Å². The lowest BCUT2D eigenvalue weighted by Gasteiger charge is -2.28. The minimum atomic E-state index is 0.679. The van der Waals surface area contributed by atoms with Crippen molar-refractivity contribution in [1.29, 1.82) is 5.26 Å². The number of nitriles is 1. The monoisotopic (exact) mass is 391 g/mol. The van der Waals surface area contributed by atoms with Gasteiger partial charge in [0.25, 0.3) is 0 Å². The quantitative estimate of drug-likeness (QED) is 0.601. The van der Waals surface area contributed by atoms with Crippen LogP contribution < -0.4 is 4.90 Å². The SMILES string of the molecule is N#Cc1cccc(CSc2nnc(N3CCOCC3)n2Cc2ccccc2)c1. The summed E-state index contributed by atoms with van der Waals surface area (Å²) in [4.78, 5) is 2.24. The molecule has 1 saturated heterocycles. The fourth-order valence-corrected chi connectivity index (χ4v) is 4.04. The van der Waals surface area contributed by atoms with E-state index in [1.165, 1.54) is 5.56 Å². The normalized spacial score (nSPS) is 14.0. The summed E-state index contributed by atoms with van der Waals surface area (Å²) in [7, 11) is 0. The van der Waals surface area contributed by atoms with Gasteiger partial charge in [0.2, 0.25) is 5.95 Å². The van der Waals surface area contributed by atoms with E-state index in [2.05, 4.69) is 37.9 Å². The van der Waals surface area contributed by atoms with Crippen molar-refractivity contribution in [2.45, 2.75) is 17.5 Å². The van der Waals surface area contributed by atoms with Gasteiger partial charge in [-0.2, -0.15) is 5.26 Å². The third kappa shape index (κ3) is 4.35. The van der Waals surface area contributed by atoms with Gasteiger partial charge in [-0.05, 0) is 23.3 Å². The molecule has 142 valence electrons. The molecule has 0 saturated carbocycles. The summed E-state index contributed by atoms with van der Waals surface area (Å²) in [5.41, 5.74) is 2.99. The Kier molecular flexibility index (Phi) is 5.90. The van der Waals surface area contributed by atoms with E-state index in [1.54, 1.807) is 11.8 Å². The second-order valence-corrected chi connectivity index (χ2v) is 7.50. The van der Waals surface area contributed by atoms with Gasteiger partial charge in [0, 0.05) is 18.8 Å². The fourth-order valence-electron chi connectivity index (χ4n) is 3.17. The van der Waals surface area contributed by atoms with Crippen LogP contribution in [0.4, 0.5) is 5.95 Å². The highest BCUT2D eigenvalue weighted by Gasteiger charge is 2.21. The van der Waals surface area contributed by atoms with Gasteiger partial charge in [0.1, 0.15) is 0 Å². The lowest BCUT2D eigenvalue weighted by molar-refractivity contribution is 0.121. The molecule has 1 aromatic heterocycles. The summed E-state index contributed by atoms with van der Waals surface area (Å²) in [6.45, 7) is 3.79. The first-order valence-corrected chi connectivity index (χ1v) is 10.2. The first kappa shape index (κ1) is 18.5. The molecule has 28 heavy (non-hydrogen) atoms. The molecule has 0 spiro atoms. The molecular formula is C21H21N5OS. The van der Waals surface area contributed by atoms with Crippen LogP contribution in [0.3, 0.4) is 0 Å². The van der Waals surface area contributed by atoms with Crippen molar-refractivity contribution < 1.29 is 4.74 Å². The van der Waals surface area contributed by atoms with Gasteiger partial charge in [-0.1, -0.05) is 54.2 Å². The van der Waals surface area contributed by atoms with Gasteiger partial charge in [-0.3, -0.25) is 4.57 Å². The molecule has 3 aromatic rings. The Morgan fingerprint density at radius 1 is 1.00 bits per heavy atom. The summed E-state index contributed by atoms with van der Waals surface area (Å²) in [5, 5.41) is 19.0. The number of ether oxygens (including phenoxy) is 1. The Balaban J connectivity index is 1.58. The number of rotatable bonds is 6. The predicted octanol–water partition coefficient (Wildman–Crippen LogP) is 3.33. The van der Waals surface area contributed by atoms with Crippen molar-refractivity contribution in [2.75, 3.05) is 31.2 Å². The first-order valence-electron chi connectivity index (χ1n) is 9.25. The van der Waals surface area contributed by atoms with Crippen LogP contribution in [0.1, 0.15) is 16.7 Å². The van der Waals surface area contributed by atoms with Gasteiger partial charge in [-0.15, -0.1) is 10.2 Å². The molecule has 0 atom stereocenters. The van der Waals surface area contributed by atoms with E-state index in [0.717, 1.165) is 42.1 Å². The minimum Gasteiger partial charge on any atom is -0.378 e. The van der Waals surface area contributed by atoms with Gasteiger partial charge < -0.3 is 9.64 Å². The van der Waals surface area contributed by atoms with Gasteiger partial charge in [0.05, 0.1) is 31.4 Å². The van der Waals surface area contributed by atoms with Crippen LogP contribution >= 0.6 is 11.8 Å². The standard InChI is InChI=1S/C21H21N5OS/c22-14-18-7-4-8-19(13-18)16-28-21-24-23-20(25-9-11-27-12-10-25)26(21)15-17-5-2-1-3-6-17/h1-8,13H,9-12,15-16H2. The molecular weight excluding hydrogens is 370 g/mol. The van der Waals surface area contributed by atoms with E-state index in [9.17, 15) is 0 Å². The Hall–Kier alpha value is -2.82. The zero-order valence-electron chi connectivity index (χ0n) is 15.5. The van der Waals surface area contributed by atoms with Gasteiger partial charge >= 0.3 is 0 Å². The molecule has 1 aliphatic rings. The summed E-state index contributed by atoms with van der Waals surface area (Å²) < 4.78 is 7.66. The Morgan fingerprint density at radius 2 is 1.79 bits per heavy atom. The molecule has 0 radical (unpaired) electrons. The molecule has 0 bridgehead atoms. The summed E-state index contributed by atoms with van der Waals surface area (Å²) >= 11 is 1.65. The van der Waals surface area contributed by atoms with Gasteiger partial charge in [0.15, 0.2) is 5.16 Å². The molecule has 2 heterocycles. The van der Waals surface area contributed by atoms with E-state index in [0.29, 0.717) is 18.8 Å². The largest absolute Gasteiger partial charge is 0.378 e. The Morgan fingerprint density at radius 3 is 2.57 bits per heavy atom. The van der Waals surface area contributed by atoms with Crippen molar-refractivity contribution in [1.82, 2.24) is 14.8 Å². The number of thioether (sulfide) groups is 1. The lowest BCUT2D eigenvalue weighted by Crippen LogP contribution is -2.38. The third-order valence-electron chi connectivity index (χ3n) is 4.60. The van der Waals surface area contributed by atoms with Crippen LogP contribution in [0.5, 0.6) is 0 Å². The van der Waals surface area contributed by atoms with Crippen LogP contribution in [-0.4, -0.2) is 41.1 Å². The van der Waals surface area contributed by atoms with Crippen LogP contribution in [0.25, 0.3) is 0 Å². The van der Waals surface area contributed by atoms with Crippen LogP contribution in [0, 0.1) is 11.3 Å². The Labute approximate surface area is 168 Å². The molecule has 2 aromatic carbocycles. The van der Waals surface area contributed by atoms with E-state index < -0.39 is 0 Å². The lowest BCUT2D eigenvalue weighted by atomic mass is 10.2. The average molecular weight is 392 g/mol. The maximum absolute atomic E-state index is 9.10. The van der Waals surface area contributed by atoms with E-state index in [-0.39, 0.29) is 0 Å². The summed E-state index contributed by atoms with van der Waals surface area (Å²) in [5.74, 6) is 1.63. The number of hydrogen-bond acceptors (Lipinski definition) is 6. The predicted molar refractivity (Wildman–Crippen MR) is 109 cm³/mol. The molecule has 1 fully saturated rings. The van der Waals surface area contributed by atoms with Crippen molar-refractivity contribution in [2.24, 2.45) is 0 Å². The maximum Gasteiger partial charge on any atom is 0.228 e. The maximum atomic E-state index is 9.10. The van der Waals surface area contributed by atoms with Crippen molar-refractivity contribution in [3.8, 4) is 6.07 Å². The Bertz CT molecular complexity index is 960. The summed E-state index contributed by atoms with van der Waals surface area (Å²) in [6, 6.07) is 20.3. The molecule has 6 nitrogen and oxygen atoms in total. The molecule has 4 rings (SSSR count). The second-order valence-electron chi connectivity index (χ2n) is 6.55. The fraction of sp³-hybridized carbons (Fsp3) is 0.286. The zero-order valence-corrected chi connectivity index (χ0v) is 16.3. The highest BCUT2D eigenvalue weighted by atomic mass is 32.2. The smallest absolute Gasteiger partial charge is 0.228 e. The van der Waals surface area contributed by atoms with Crippen LogP contribution in [-0.2, 0) is 17.0 Å². The number of morpholine rings is 1. The number of anilines is 1. The topological polar surface area (TPSA) is 67.0 Å². The highest BCUT2D eigenvalue weighted by molar-refractivity contribution is 7.98. The van der Waals surface area contributed by atoms with E-state index in [1.807, 2.05) is 42.5 Å². The van der Waals surface area contributed by atoms with Crippen LogP contribution in [0.15, 0.2) is 59.8 Å². The number of benzene rings is 2.